The molecule has 0 spiro atoms. The van der Waals surface area contributed by atoms with Crippen molar-refractivity contribution in [1.82, 2.24) is 14.9 Å². The Morgan fingerprint density at radius 1 is 1.18 bits per heavy atom. The molecule has 1 N–H and O–H groups in total. The third-order valence-electron chi connectivity index (χ3n) is 4.44. The number of hydrogen-bond acceptors (Lipinski definition) is 5. The van der Waals surface area contributed by atoms with Crippen LogP contribution in [0.2, 0.25) is 0 Å². The zero-order valence-corrected chi connectivity index (χ0v) is 15.6. The van der Waals surface area contributed by atoms with Crippen LogP contribution in [-0.2, 0) is 13.1 Å². The van der Waals surface area contributed by atoms with Crippen LogP contribution in [0.1, 0.15) is 11.4 Å². The average Bonchev–Trinajstić information content (AvgIpc) is 3.07. The van der Waals surface area contributed by atoms with Crippen LogP contribution in [0.5, 0.6) is 5.75 Å². The fourth-order valence-corrected chi connectivity index (χ4v) is 3.19. The Bertz CT molecular complexity index is 1180. The lowest BCUT2D eigenvalue weighted by atomic mass is 10.2. The van der Waals surface area contributed by atoms with Crippen molar-refractivity contribution in [2.75, 3.05) is 13.7 Å². The summed E-state index contributed by atoms with van der Waals surface area (Å²) in [5.41, 5.74) is 2.42. The molecule has 2 aromatic heterocycles. The second kappa shape index (κ2) is 7.70. The van der Waals surface area contributed by atoms with E-state index in [0.717, 1.165) is 23.2 Å². The molecule has 6 heteroatoms. The molecule has 0 saturated heterocycles. The molecule has 0 aliphatic rings. The molecule has 4 aromatic rings. The van der Waals surface area contributed by atoms with Gasteiger partial charge in [0.25, 0.3) is 5.56 Å². The van der Waals surface area contributed by atoms with Gasteiger partial charge in [0.1, 0.15) is 29.3 Å². The van der Waals surface area contributed by atoms with Crippen LogP contribution in [0.15, 0.2) is 70.4 Å². The van der Waals surface area contributed by atoms with Crippen molar-refractivity contribution >= 4 is 22.1 Å². The maximum absolute atomic E-state index is 12.4. The van der Waals surface area contributed by atoms with Crippen LogP contribution in [-0.4, -0.2) is 28.5 Å². The number of nitrogens with one attached hydrogen (secondary N) is 1. The van der Waals surface area contributed by atoms with E-state index in [9.17, 15) is 4.79 Å². The molecule has 0 aliphatic heterocycles. The van der Waals surface area contributed by atoms with Gasteiger partial charge in [0.05, 0.1) is 6.54 Å². The Kier molecular flexibility index (Phi) is 4.95. The number of nitrogens with zero attached hydrogens (tertiary/aromatic N) is 2. The van der Waals surface area contributed by atoms with Crippen molar-refractivity contribution in [3.05, 3.63) is 82.9 Å². The smallest absolute Gasteiger partial charge is 0.294 e. The number of para-hydroxylation sites is 1. The van der Waals surface area contributed by atoms with Gasteiger partial charge >= 0.3 is 0 Å². The summed E-state index contributed by atoms with van der Waals surface area (Å²) >= 11 is 0. The molecule has 0 atom stereocenters. The lowest BCUT2D eigenvalue weighted by Gasteiger charge is -2.16. The summed E-state index contributed by atoms with van der Waals surface area (Å²) in [6.45, 7) is 5.36. The maximum Gasteiger partial charge on any atom is 0.294 e. The Morgan fingerprint density at radius 3 is 2.75 bits per heavy atom. The van der Waals surface area contributed by atoms with Gasteiger partial charge in [-0.15, -0.1) is 0 Å². The fraction of sp³-hybridized carbons (Fsp3) is 0.182. The van der Waals surface area contributed by atoms with Gasteiger partial charge in [0.15, 0.2) is 0 Å². The highest BCUT2D eigenvalue weighted by Gasteiger charge is 2.13. The Morgan fingerprint density at radius 2 is 1.96 bits per heavy atom. The molecule has 0 fully saturated rings. The Labute approximate surface area is 162 Å². The molecule has 0 radical (unpaired) electrons. The predicted molar refractivity (Wildman–Crippen MR) is 109 cm³/mol. The van der Waals surface area contributed by atoms with Crippen LogP contribution >= 0.6 is 0 Å². The summed E-state index contributed by atoms with van der Waals surface area (Å²) in [5, 5.41) is 0.850. The summed E-state index contributed by atoms with van der Waals surface area (Å²) < 4.78 is 11.1. The number of aromatic nitrogens is 2. The molecular weight excluding hydrogens is 354 g/mol. The predicted octanol–water partition coefficient (Wildman–Crippen LogP) is 3.87. The summed E-state index contributed by atoms with van der Waals surface area (Å²) in [6.07, 6.45) is 1.72. The Hall–Kier alpha value is -3.38. The molecule has 0 unspecified atom stereocenters. The highest BCUT2D eigenvalue weighted by molar-refractivity contribution is 6.01. The fourth-order valence-electron chi connectivity index (χ4n) is 3.19. The van der Waals surface area contributed by atoms with E-state index in [1.54, 1.807) is 6.08 Å². The number of ether oxygens (including phenoxy) is 1. The third-order valence-corrected chi connectivity index (χ3v) is 4.44. The van der Waals surface area contributed by atoms with E-state index in [1.807, 2.05) is 55.6 Å². The zero-order valence-electron chi connectivity index (χ0n) is 15.6. The largest absolute Gasteiger partial charge is 0.490 e. The van der Waals surface area contributed by atoms with Crippen molar-refractivity contribution in [3.8, 4) is 5.75 Å². The topological polar surface area (TPSA) is 71.4 Å². The molecule has 0 saturated carbocycles. The molecule has 0 aliphatic carbocycles. The minimum atomic E-state index is -0.256. The molecule has 28 heavy (non-hydrogen) atoms. The summed E-state index contributed by atoms with van der Waals surface area (Å²) in [5.74, 6) is 1.42. The highest BCUT2D eigenvalue weighted by Crippen LogP contribution is 2.24. The van der Waals surface area contributed by atoms with E-state index in [1.165, 1.54) is 0 Å². The minimum Gasteiger partial charge on any atom is -0.490 e. The van der Waals surface area contributed by atoms with Crippen LogP contribution in [0.25, 0.3) is 22.1 Å². The lowest BCUT2D eigenvalue weighted by Crippen LogP contribution is -2.21. The third kappa shape index (κ3) is 3.68. The first kappa shape index (κ1) is 18.0. The van der Waals surface area contributed by atoms with E-state index in [2.05, 4.69) is 21.4 Å². The van der Waals surface area contributed by atoms with E-state index < -0.39 is 0 Å². The van der Waals surface area contributed by atoms with Crippen LogP contribution in [0.3, 0.4) is 0 Å². The van der Waals surface area contributed by atoms with Gasteiger partial charge in [0, 0.05) is 11.9 Å². The van der Waals surface area contributed by atoms with Gasteiger partial charge in [-0.3, -0.25) is 9.69 Å². The second-order valence-corrected chi connectivity index (χ2v) is 6.70. The lowest BCUT2D eigenvalue weighted by molar-refractivity contribution is 0.310. The normalized spacial score (nSPS) is 11.4. The summed E-state index contributed by atoms with van der Waals surface area (Å²) in [6, 6.07) is 15.5. The van der Waals surface area contributed by atoms with Gasteiger partial charge in [-0.05, 0) is 36.9 Å². The van der Waals surface area contributed by atoms with Crippen LogP contribution in [0, 0.1) is 0 Å². The van der Waals surface area contributed by atoms with Gasteiger partial charge in [-0.1, -0.05) is 36.9 Å². The minimum absolute atomic E-state index is 0.256. The van der Waals surface area contributed by atoms with Gasteiger partial charge in [-0.2, -0.15) is 0 Å². The molecule has 6 nitrogen and oxygen atoms in total. The number of H-pyrrole nitrogens is 1. The van der Waals surface area contributed by atoms with E-state index in [-0.39, 0.29) is 11.1 Å². The first-order valence-electron chi connectivity index (χ1n) is 9.05. The van der Waals surface area contributed by atoms with Crippen molar-refractivity contribution in [3.63, 3.8) is 0 Å². The van der Waals surface area contributed by atoms with Gasteiger partial charge < -0.3 is 14.1 Å². The number of aromatic amines is 1. The van der Waals surface area contributed by atoms with Crippen LogP contribution < -0.4 is 10.3 Å². The molecule has 142 valence electrons. The first-order valence-corrected chi connectivity index (χ1v) is 9.05. The first-order chi connectivity index (χ1) is 13.6. The zero-order chi connectivity index (χ0) is 19.5. The second-order valence-electron chi connectivity index (χ2n) is 6.70. The van der Waals surface area contributed by atoms with Gasteiger partial charge in [0.2, 0.25) is 5.58 Å². The van der Waals surface area contributed by atoms with Crippen molar-refractivity contribution in [2.24, 2.45) is 0 Å². The quantitative estimate of drug-likeness (QED) is 0.497. The van der Waals surface area contributed by atoms with E-state index in [0.29, 0.717) is 30.1 Å². The number of benzene rings is 2. The molecule has 2 aromatic carbocycles. The highest BCUT2D eigenvalue weighted by atomic mass is 16.5. The van der Waals surface area contributed by atoms with Crippen molar-refractivity contribution < 1.29 is 9.15 Å². The molecule has 0 amide bonds. The monoisotopic (exact) mass is 375 g/mol. The standard InChI is InChI=1S/C22H21N3O3/c1-3-12-27-16-10-8-15(9-11-16)13-25(2)14-19-23-20-17-6-4-5-7-18(17)28-21(20)22(26)24-19/h3-11H,1,12-14H2,2H3,(H,23,24,26). The number of fused-ring (bicyclic) bond motifs is 3. The number of hydrogen-bond donors (Lipinski definition) is 1. The van der Waals surface area contributed by atoms with Crippen LogP contribution in [0.4, 0.5) is 0 Å². The number of rotatable bonds is 7. The van der Waals surface area contributed by atoms with E-state index >= 15 is 0 Å². The number of furan rings is 1. The SMILES string of the molecule is C=CCOc1ccc(CN(C)Cc2nc3c(oc4ccccc43)c(=O)[nH]2)cc1. The molecule has 2 heterocycles. The van der Waals surface area contributed by atoms with E-state index in [4.69, 9.17) is 9.15 Å². The molecule has 0 bridgehead atoms. The van der Waals surface area contributed by atoms with Crippen molar-refractivity contribution in [2.45, 2.75) is 13.1 Å². The molecular formula is C22H21N3O3. The molecule has 4 rings (SSSR count). The Balaban J connectivity index is 1.52. The summed E-state index contributed by atoms with van der Waals surface area (Å²) in [4.78, 5) is 22.0. The van der Waals surface area contributed by atoms with Crippen molar-refractivity contribution in [1.29, 1.82) is 0 Å². The summed E-state index contributed by atoms with van der Waals surface area (Å²) in [7, 11) is 1.99. The maximum atomic E-state index is 12.4. The average molecular weight is 375 g/mol. The van der Waals surface area contributed by atoms with Gasteiger partial charge in [-0.25, -0.2) is 4.98 Å².